The zero-order valence-electron chi connectivity index (χ0n) is 11.2. The summed E-state index contributed by atoms with van der Waals surface area (Å²) in [7, 11) is 1.59. The number of rotatable bonds is 3. The molecule has 5 nitrogen and oxygen atoms in total. The maximum Gasteiger partial charge on any atom is 0.213 e. The summed E-state index contributed by atoms with van der Waals surface area (Å²) in [5.74, 6) is 1.97. The number of aromatic nitrogens is 1. The second-order valence-corrected chi connectivity index (χ2v) is 4.48. The number of benzene rings is 1. The molecule has 0 unspecified atom stereocenters. The Morgan fingerprint density at radius 3 is 2.95 bits per heavy atom. The van der Waals surface area contributed by atoms with Gasteiger partial charge in [0.15, 0.2) is 11.5 Å². The molecule has 0 fully saturated rings. The Morgan fingerprint density at radius 1 is 1.30 bits per heavy atom. The van der Waals surface area contributed by atoms with Gasteiger partial charge in [-0.3, -0.25) is 0 Å². The molecule has 0 aliphatic carbocycles. The highest BCUT2D eigenvalue weighted by Crippen LogP contribution is 2.40. The van der Waals surface area contributed by atoms with Gasteiger partial charge in [-0.15, -0.1) is 0 Å². The monoisotopic (exact) mass is 272 g/mol. The zero-order chi connectivity index (χ0) is 13.9. The van der Waals surface area contributed by atoms with Gasteiger partial charge in [0.05, 0.1) is 12.8 Å². The summed E-state index contributed by atoms with van der Waals surface area (Å²) in [4.78, 5) is 4.43. The van der Waals surface area contributed by atoms with E-state index in [1.807, 2.05) is 30.3 Å². The van der Waals surface area contributed by atoms with Crippen molar-refractivity contribution in [1.29, 1.82) is 0 Å². The minimum absolute atomic E-state index is 0.130. The van der Waals surface area contributed by atoms with Gasteiger partial charge >= 0.3 is 0 Å². The summed E-state index contributed by atoms with van der Waals surface area (Å²) in [5, 5.41) is 0. The van der Waals surface area contributed by atoms with Crippen molar-refractivity contribution in [3.8, 4) is 28.6 Å². The topological polar surface area (TPSA) is 66.6 Å². The molecule has 5 heteroatoms. The van der Waals surface area contributed by atoms with Crippen LogP contribution in [0, 0.1) is 0 Å². The highest BCUT2D eigenvalue weighted by Gasteiger charge is 2.23. The standard InChI is InChI=1S/C15H16N2O3/c1-18-14-7-3-5-12(17-14)11-4-2-6-13-15(11)20-10(8-16)9-19-13/h2-7,10H,8-9,16H2,1H3/t10-/m0/s1. The van der Waals surface area contributed by atoms with Gasteiger partial charge in [0, 0.05) is 18.2 Å². The Morgan fingerprint density at radius 2 is 2.15 bits per heavy atom. The molecule has 20 heavy (non-hydrogen) atoms. The van der Waals surface area contributed by atoms with Gasteiger partial charge in [0.1, 0.15) is 12.7 Å². The Bertz CT molecular complexity index is 616. The summed E-state index contributed by atoms with van der Waals surface area (Å²) < 4.78 is 16.8. The minimum atomic E-state index is -0.130. The van der Waals surface area contributed by atoms with Crippen LogP contribution in [-0.2, 0) is 0 Å². The first-order chi connectivity index (χ1) is 9.81. The van der Waals surface area contributed by atoms with Gasteiger partial charge in [0.2, 0.25) is 5.88 Å². The van der Waals surface area contributed by atoms with Crippen LogP contribution in [0.25, 0.3) is 11.3 Å². The van der Waals surface area contributed by atoms with E-state index in [4.69, 9.17) is 19.9 Å². The van der Waals surface area contributed by atoms with E-state index in [2.05, 4.69) is 4.98 Å². The van der Waals surface area contributed by atoms with Crippen LogP contribution in [0.15, 0.2) is 36.4 Å². The van der Waals surface area contributed by atoms with Crippen LogP contribution < -0.4 is 19.9 Å². The number of ether oxygens (including phenoxy) is 3. The van der Waals surface area contributed by atoms with Crippen LogP contribution >= 0.6 is 0 Å². The summed E-state index contributed by atoms with van der Waals surface area (Å²) in [6, 6.07) is 11.4. The largest absolute Gasteiger partial charge is 0.486 e. The van der Waals surface area contributed by atoms with Crippen LogP contribution in [0.3, 0.4) is 0 Å². The fourth-order valence-electron chi connectivity index (χ4n) is 2.13. The fraction of sp³-hybridized carbons (Fsp3) is 0.267. The van der Waals surface area contributed by atoms with Crippen molar-refractivity contribution in [2.45, 2.75) is 6.10 Å². The van der Waals surface area contributed by atoms with Crippen molar-refractivity contribution in [3.63, 3.8) is 0 Å². The number of hydrogen-bond donors (Lipinski definition) is 1. The Hall–Kier alpha value is -2.27. The quantitative estimate of drug-likeness (QED) is 0.923. The lowest BCUT2D eigenvalue weighted by molar-refractivity contribution is 0.0976. The molecule has 1 aromatic heterocycles. The molecule has 0 saturated carbocycles. The van der Waals surface area contributed by atoms with E-state index in [0.29, 0.717) is 24.8 Å². The molecule has 3 rings (SSSR count). The van der Waals surface area contributed by atoms with E-state index in [1.165, 1.54) is 0 Å². The maximum absolute atomic E-state index is 5.91. The molecule has 1 aliphatic rings. The summed E-state index contributed by atoms with van der Waals surface area (Å²) in [6.07, 6.45) is -0.130. The van der Waals surface area contributed by atoms with Gasteiger partial charge in [-0.1, -0.05) is 12.1 Å². The van der Waals surface area contributed by atoms with Gasteiger partial charge in [-0.05, 0) is 18.2 Å². The molecule has 2 heterocycles. The molecule has 0 amide bonds. The molecule has 1 aromatic carbocycles. The molecule has 0 bridgehead atoms. The normalized spacial score (nSPS) is 16.8. The van der Waals surface area contributed by atoms with Crippen molar-refractivity contribution in [2.24, 2.45) is 5.73 Å². The lowest BCUT2D eigenvalue weighted by atomic mass is 10.1. The summed E-state index contributed by atoms with van der Waals surface area (Å²) in [6.45, 7) is 0.887. The number of pyridine rings is 1. The van der Waals surface area contributed by atoms with E-state index >= 15 is 0 Å². The van der Waals surface area contributed by atoms with Crippen molar-refractivity contribution in [3.05, 3.63) is 36.4 Å². The third kappa shape index (κ3) is 2.28. The lowest BCUT2D eigenvalue weighted by Crippen LogP contribution is -2.35. The van der Waals surface area contributed by atoms with Crippen molar-refractivity contribution in [2.75, 3.05) is 20.3 Å². The number of para-hydroxylation sites is 1. The van der Waals surface area contributed by atoms with Crippen LogP contribution in [0.2, 0.25) is 0 Å². The molecule has 2 aromatic rings. The molecule has 104 valence electrons. The fourth-order valence-corrected chi connectivity index (χ4v) is 2.13. The zero-order valence-corrected chi connectivity index (χ0v) is 11.2. The van der Waals surface area contributed by atoms with Crippen LogP contribution in [0.4, 0.5) is 0 Å². The number of nitrogens with two attached hydrogens (primary N) is 1. The van der Waals surface area contributed by atoms with Crippen LogP contribution in [0.5, 0.6) is 17.4 Å². The average Bonchev–Trinajstić information content (AvgIpc) is 2.53. The molecule has 2 N–H and O–H groups in total. The van der Waals surface area contributed by atoms with Gasteiger partial charge in [-0.2, -0.15) is 0 Å². The van der Waals surface area contributed by atoms with E-state index < -0.39 is 0 Å². The molecule has 0 spiro atoms. The molecule has 1 atom stereocenters. The molecular weight excluding hydrogens is 256 g/mol. The number of methoxy groups -OCH3 is 1. The Kier molecular flexibility index (Phi) is 3.43. The first kappa shape index (κ1) is 12.7. The predicted octanol–water partition coefficient (Wildman–Crippen LogP) is 1.86. The maximum atomic E-state index is 5.91. The predicted molar refractivity (Wildman–Crippen MR) is 75.2 cm³/mol. The van der Waals surface area contributed by atoms with Crippen molar-refractivity contribution < 1.29 is 14.2 Å². The molecule has 0 radical (unpaired) electrons. The second kappa shape index (κ2) is 5.38. The summed E-state index contributed by atoms with van der Waals surface area (Å²) >= 11 is 0. The van der Waals surface area contributed by atoms with E-state index in [-0.39, 0.29) is 6.10 Å². The molecular formula is C15H16N2O3. The second-order valence-electron chi connectivity index (χ2n) is 4.48. The number of fused-ring (bicyclic) bond motifs is 1. The number of hydrogen-bond acceptors (Lipinski definition) is 5. The molecule has 0 saturated heterocycles. The van der Waals surface area contributed by atoms with Crippen molar-refractivity contribution >= 4 is 0 Å². The highest BCUT2D eigenvalue weighted by molar-refractivity contribution is 5.71. The first-order valence-electron chi connectivity index (χ1n) is 6.45. The van der Waals surface area contributed by atoms with E-state index in [1.54, 1.807) is 13.2 Å². The molecule has 1 aliphatic heterocycles. The van der Waals surface area contributed by atoms with Crippen LogP contribution in [0.1, 0.15) is 0 Å². The smallest absolute Gasteiger partial charge is 0.213 e. The third-order valence-electron chi connectivity index (χ3n) is 3.16. The van der Waals surface area contributed by atoms with Gasteiger partial charge < -0.3 is 19.9 Å². The van der Waals surface area contributed by atoms with Gasteiger partial charge in [-0.25, -0.2) is 4.98 Å². The first-order valence-corrected chi connectivity index (χ1v) is 6.45. The minimum Gasteiger partial charge on any atom is -0.486 e. The Balaban J connectivity index is 2.05. The van der Waals surface area contributed by atoms with Crippen LogP contribution in [-0.4, -0.2) is 31.3 Å². The van der Waals surface area contributed by atoms with E-state index in [9.17, 15) is 0 Å². The van der Waals surface area contributed by atoms with Crippen molar-refractivity contribution in [1.82, 2.24) is 4.98 Å². The van der Waals surface area contributed by atoms with E-state index in [0.717, 1.165) is 17.0 Å². The average molecular weight is 272 g/mol. The number of nitrogens with zero attached hydrogens (tertiary/aromatic N) is 1. The Labute approximate surface area is 117 Å². The van der Waals surface area contributed by atoms with Gasteiger partial charge in [0.25, 0.3) is 0 Å². The third-order valence-corrected chi connectivity index (χ3v) is 3.16. The highest BCUT2D eigenvalue weighted by atomic mass is 16.6. The SMILES string of the molecule is COc1cccc(-c2cccc3c2O[C@@H](CN)CO3)n1. The summed E-state index contributed by atoms with van der Waals surface area (Å²) in [5.41, 5.74) is 7.31. The lowest BCUT2D eigenvalue weighted by Gasteiger charge is -2.27.